The Morgan fingerprint density at radius 2 is 1.82 bits per heavy atom. The highest BCUT2D eigenvalue weighted by Crippen LogP contribution is 2.47. The Morgan fingerprint density at radius 3 is 2.41 bits per heavy atom. The van der Waals surface area contributed by atoms with Crippen LogP contribution in [0.1, 0.15) is 24.5 Å². The first-order valence-electron chi connectivity index (χ1n) is 11.3. The largest absolute Gasteiger partial charge is 0.477 e. The van der Waals surface area contributed by atoms with E-state index in [1.165, 1.54) is 4.90 Å². The molecule has 8 nitrogen and oxygen atoms in total. The van der Waals surface area contributed by atoms with Gasteiger partial charge in [-0.1, -0.05) is 24.3 Å². The predicted molar refractivity (Wildman–Crippen MR) is 130 cm³/mol. The number of hydrogen-bond donors (Lipinski definition) is 2. The van der Waals surface area contributed by atoms with Crippen molar-refractivity contribution in [3.8, 4) is 0 Å². The number of nitrogens with zero attached hydrogens (tertiary/aromatic N) is 2. The van der Waals surface area contributed by atoms with E-state index in [0.29, 0.717) is 17.7 Å². The molecule has 0 spiro atoms. The summed E-state index contributed by atoms with van der Waals surface area (Å²) in [6.07, 6.45) is 3.62. The zero-order valence-electron chi connectivity index (χ0n) is 19.7. The second-order valence-electron chi connectivity index (χ2n) is 9.73. The van der Waals surface area contributed by atoms with Gasteiger partial charge >= 0.3 is 5.97 Å². The van der Waals surface area contributed by atoms with E-state index in [0.717, 1.165) is 11.1 Å². The van der Waals surface area contributed by atoms with Gasteiger partial charge in [-0.15, -0.1) is 0 Å². The maximum absolute atomic E-state index is 12.9. The molecule has 178 valence electrons. The Labute approximate surface area is 199 Å². The van der Waals surface area contributed by atoms with Crippen molar-refractivity contribution in [1.82, 2.24) is 9.88 Å². The lowest BCUT2D eigenvalue weighted by atomic mass is 9.82. The molecule has 0 saturated carbocycles. The summed E-state index contributed by atoms with van der Waals surface area (Å²) < 4.78 is 6.14. The Bertz CT molecular complexity index is 1140. The highest BCUT2D eigenvalue weighted by molar-refractivity contribution is 6.69. The van der Waals surface area contributed by atoms with E-state index in [2.05, 4.69) is 29.9 Å². The van der Waals surface area contributed by atoms with Crippen LogP contribution in [0.2, 0.25) is 19.6 Å². The number of aromatic nitrogens is 1. The highest BCUT2D eigenvalue weighted by atomic mass is 28.4. The molecule has 1 aromatic heterocycles. The first kappa shape index (κ1) is 23.8. The van der Waals surface area contributed by atoms with Crippen molar-refractivity contribution in [1.29, 1.82) is 0 Å². The molecule has 0 unspecified atom stereocenters. The number of aliphatic carboxylic acids is 1. The van der Waals surface area contributed by atoms with Crippen LogP contribution in [-0.2, 0) is 25.2 Å². The SMILES string of the molecule is C[C@@H](O[Si](C)(C)C)[C@H]1C(=O)N2C(C(=O)O)=C(c3ccc(CC(=O)Nc4ccncc4)cc3)C[C@H]12. The van der Waals surface area contributed by atoms with Gasteiger partial charge in [0, 0.05) is 18.1 Å². The van der Waals surface area contributed by atoms with E-state index in [9.17, 15) is 19.5 Å². The molecule has 3 atom stereocenters. The van der Waals surface area contributed by atoms with E-state index in [-0.39, 0.29) is 42.0 Å². The molecule has 34 heavy (non-hydrogen) atoms. The molecule has 0 aliphatic carbocycles. The summed E-state index contributed by atoms with van der Waals surface area (Å²) in [4.78, 5) is 42.6. The van der Waals surface area contributed by atoms with Crippen LogP contribution in [0.3, 0.4) is 0 Å². The number of amides is 2. The molecule has 1 aromatic carbocycles. The lowest BCUT2D eigenvalue weighted by Gasteiger charge is -2.47. The topological polar surface area (TPSA) is 109 Å². The van der Waals surface area contributed by atoms with Crippen LogP contribution in [0.5, 0.6) is 0 Å². The number of carboxylic acids is 1. The number of benzene rings is 1. The zero-order valence-corrected chi connectivity index (χ0v) is 20.7. The normalized spacial score (nSPS) is 20.6. The second-order valence-corrected chi connectivity index (χ2v) is 14.2. The summed E-state index contributed by atoms with van der Waals surface area (Å²) in [5.41, 5.74) is 2.92. The second kappa shape index (κ2) is 9.15. The summed E-state index contributed by atoms with van der Waals surface area (Å²) in [5.74, 6) is -1.79. The minimum atomic E-state index is -1.84. The van der Waals surface area contributed by atoms with Gasteiger partial charge in [-0.05, 0) is 61.8 Å². The third kappa shape index (κ3) is 4.80. The van der Waals surface area contributed by atoms with Crippen LogP contribution >= 0.6 is 0 Å². The molecule has 2 N–H and O–H groups in total. The molecule has 2 aliphatic rings. The van der Waals surface area contributed by atoms with Gasteiger partial charge < -0.3 is 19.7 Å². The number of carbonyl (C=O) groups excluding carboxylic acids is 2. The van der Waals surface area contributed by atoms with Crippen LogP contribution in [0, 0.1) is 5.92 Å². The molecule has 3 heterocycles. The van der Waals surface area contributed by atoms with Crippen molar-refractivity contribution in [3.63, 3.8) is 0 Å². The molecule has 2 amide bonds. The first-order chi connectivity index (χ1) is 16.0. The van der Waals surface area contributed by atoms with Crippen molar-refractivity contribution < 1.29 is 23.9 Å². The summed E-state index contributed by atoms with van der Waals surface area (Å²) in [6.45, 7) is 8.13. The van der Waals surface area contributed by atoms with Gasteiger partial charge in [0.25, 0.3) is 0 Å². The summed E-state index contributed by atoms with van der Waals surface area (Å²) >= 11 is 0. The average Bonchev–Trinajstić information content (AvgIpc) is 3.09. The fourth-order valence-corrected chi connectivity index (χ4v) is 6.06. The number of β-lactam (4-membered cyclic amide) rings is 1. The summed E-state index contributed by atoms with van der Waals surface area (Å²) in [7, 11) is -1.84. The summed E-state index contributed by atoms with van der Waals surface area (Å²) in [5, 5.41) is 12.7. The van der Waals surface area contributed by atoms with E-state index in [1.807, 2.05) is 31.2 Å². The standard InChI is InChI=1S/C25H29N3O5Si/c1-15(33-34(2,3)4)22-20-14-19(23(25(31)32)28(20)24(22)30)17-7-5-16(6-8-17)13-21(29)27-18-9-11-26-12-10-18/h5-12,15,20,22H,13-14H2,1-4H3,(H,31,32)(H,26,27,29)/t15-,20-,22-/m1/s1. The van der Waals surface area contributed by atoms with E-state index < -0.39 is 14.3 Å². The molecule has 1 saturated heterocycles. The number of hydrogen-bond acceptors (Lipinski definition) is 5. The Morgan fingerprint density at radius 1 is 1.18 bits per heavy atom. The average molecular weight is 480 g/mol. The van der Waals surface area contributed by atoms with Crippen molar-refractivity contribution in [2.24, 2.45) is 5.92 Å². The third-order valence-corrected chi connectivity index (χ3v) is 7.17. The van der Waals surface area contributed by atoms with Crippen molar-refractivity contribution in [3.05, 3.63) is 65.6 Å². The number of carbonyl (C=O) groups is 3. The molecule has 1 fully saturated rings. The van der Waals surface area contributed by atoms with Crippen molar-refractivity contribution in [2.45, 2.75) is 51.6 Å². The maximum atomic E-state index is 12.9. The van der Waals surface area contributed by atoms with Crippen LogP contribution in [-0.4, -0.2) is 53.2 Å². The Kier molecular flexibility index (Phi) is 6.42. The van der Waals surface area contributed by atoms with Crippen molar-refractivity contribution in [2.75, 3.05) is 5.32 Å². The van der Waals surface area contributed by atoms with Crippen LogP contribution in [0.15, 0.2) is 54.5 Å². The minimum absolute atomic E-state index is 0.0506. The molecule has 0 bridgehead atoms. The van der Waals surface area contributed by atoms with Gasteiger partial charge in [0.05, 0.1) is 24.5 Å². The van der Waals surface area contributed by atoms with Gasteiger partial charge in [0.1, 0.15) is 5.70 Å². The Balaban J connectivity index is 1.48. The first-order valence-corrected chi connectivity index (χ1v) is 14.7. The molecule has 2 aromatic rings. The van der Waals surface area contributed by atoms with Gasteiger partial charge in [0.2, 0.25) is 11.8 Å². The third-order valence-electron chi connectivity index (χ3n) is 6.09. The lowest BCUT2D eigenvalue weighted by Crippen LogP contribution is -2.63. The zero-order chi connectivity index (χ0) is 24.6. The number of pyridine rings is 1. The number of fused-ring (bicyclic) bond motifs is 1. The van der Waals surface area contributed by atoms with Gasteiger partial charge in [0.15, 0.2) is 8.32 Å². The quantitative estimate of drug-likeness (QED) is 0.443. The van der Waals surface area contributed by atoms with Crippen LogP contribution in [0.25, 0.3) is 5.57 Å². The summed E-state index contributed by atoms with van der Waals surface area (Å²) in [6, 6.07) is 10.5. The van der Waals surface area contributed by atoms with E-state index in [1.54, 1.807) is 24.5 Å². The fourth-order valence-electron chi connectivity index (χ4n) is 4.79. The molecule has 4 rings (SSSR count). The number of nitrogens with one attached hydrogen (secondary N) is 1. The number of carboxylic acid groups (broad SMARTS) is 1. The van der Waals surface area contributed by atoms with Crippen molar-refractivity contribution >= 4 is 37.4 Å². The molecular weight excluding hydrogens is 450 g/mol. The predicted octanol–water partition coefficient (Wildman–Crippen LogP) is 3.53. The number of anilines is 1. The van der Waals surface area contributed by atoms with Crippen LogP contribution < -0.4 is 5.32 Å². The molecule has 9 heteroatoms. The molecule has 2 aliphatic heterocycles. The van der Waals surface area contributed by atoms with Gasteiger partial charge in [-0.2, -0.15) is 0 Å². The van der Waals surface area contributed by atoms with Gasteiger partial charge in [-0.25, -0.2) is 4.79 Å². The molecular formula is C25H29N3O5Si. The maximum Gasteiger partial charge on any atom is 0.352 e. The van der Waals surface area contributed by atoms with E-state index >= 15 is 0 Å². The smallest absolute Gasteiger partial charge is 0.352 e. The highest BCUT2D eigenvalue weighted by Gasteiger charge is 2.57. The number of rotatable bonds is 8. The Hall–Kier alpha value is -3.30. The lowest BCUT2D eigenvalue weighted by molar-refractivity contribution is -0.160. The molecule has 0 radical (unpaired) electrons. The van der Waals surface area contributed by atoms with E-state index in [4.69, 9.17) is 4.43 Å². The monoisotopic (exact) mass is 479 g/mol. The minimum Gasteiger partial charge on any atom is -0.477 e. The van der Waals surface area contributed by atoms with Gasteiger partial charge in [-0.3, -0.25) is 14.6 Å². The van der Waals surface area contributed by atoms with Crippen LogP contribution in [0.4, 0.5) is 5.69 Å². The fraction of sp³-hybridized carbons (Fsp3) is 0.360.